The Balaban J connectivity index is 1.73. The standard InChI is InChI=1S/C25H28N2O5S/c1-6-9-32-19-8-7-18(12-20(19)31-5)13-21-24(29)27(25(30)33-21)14-22(28)26-23-16(3)10-15(2)11-17(23)4/h7-8,10-13H,6,9,14H2,1-5H3,(H,26,28)/b21-13-. The number of carbonyl (C=O) groups is 3. The highest BCUT2D eigenvalue weighted by Crippen LogP contribution is 2.34. The van der Waals surface area contributed by atoms with Crippen LogP contribution in [0.3, 0.4) is 0 Å². The fraction of sp³-hybridized carbons (Fsp3) is 0.320. The molecule has 7 nitrogen and oxygen atoms in total. The van der Waals surface area contributed by atoms with Crippen LogP contribution in [-0.4, -0.2) is 42.2 Å². The molecule has 1 N–H and O–H groups in total. The number of rotatable bonds is 8. The van der Waals surface area contributed by atoms with E-state index in [1.807, 2.05) is 39.8 Å². The van der Waals surface area contributed by atoms with Crippen LogP contribution in [0.5, 0.6) is 11.5 Å². The molecule has 33 heavy (non-hydrogen) atoms. The SMILES string of the molecule is CCCOc1ccc(/C=C2\SC(=O)N(CC(=O)Nc3c(C)cc(C)cc3C)C2=O)cc1OC. The number of methoxy groups -OCH3 is 1. The number of nitrogens with one attached hydrogen (secondary N) is 1. The van der Waals surface area contributed by atoms with Crippen LogP contribution in [0, 0.1) is 20.8 Å². The molecule has 0 saturated carbocycles. The number of amides is 3. The van der Waals surface area contributed by atoms with Gasteiger partial charge in [0.1, 0.15) is 6.54 Å². The Morgan fingerprint density at radius 2 is 1.79 bits per heavy atom. The van der Waals surface area contributed by atoms with E-state index in [4.69, 9.17) is 9.47 Å². The van der Waals surface area contributed by atoms with Crippen molar-refractivity contribution in [3.05, 3.63) is 57.5 Å². The molecule has 2 aromatic rings. The summed E-state index contributed by atoms with van der Waals surface area (Å²) in [6.07, 6.45) is 2.48. The normalized spacial score (nSPS) is 14.7. The van der Waals surface area contributed by atoms with Crippen molar-refractivity contribution in [2.75, 3.05) is 25.6 Å². The minimum atomic E-state index is -0.497. The average molecular weight is 469 g/mol. The quantitative estimate of drug-likeness (QED) is 0.544. The van der Waals surface area contributed by atoms with Gasteiger partial charge in [-0.25, -0.2) is 0 Å². The summed E-state index contributed by atoms with van der Waals surface area (Å²) in [5.41, 5.74) is 4.34. The van der Waals surface area contributed by atoms with Gasteiger partial charge in [-0.2, -0.15) is 0 Å². The predicted octanol–water partition coefficient (Wildman–Crippen LogP) is 5.08. The molecule has 0 atom stereocenters. The number of hydrogen-bond acceptors (Lipinski definition) is 6. The van der Waals surface area contributed by atoms with Gasteiger partial charge in [0, 0.05) is 5.69 Å². The predicted molar refractivity (Wildman–Crippen MR) is 131 cm³/mol. The van der Waals surface area contributed by atoms with E-state index in [9.17, 15) is 14.4 Å². The Morgan fingerprint density at radius 3 is 2.42 bits per heavy atom. The Kier molecular flexibility index (Phi) is 7.81. The summed E-state index contributed by atoms with van der Waals surface area (Å²) < 4.78 is 11.0. The van der Waals surface area contributed by atoms with Gasteiger partial charge < -0.3 is 14.8 Å². The molecule has 1 fully saturated rings. The highest BCUT2D eigenvalue weighted by Gasteiger charge is 2.36. The maximum Gasteiger partial charge on any atom is 0.294 e. The number of carbonyl (C=O) groups excluding carboxylic acids is 3. The third-order valence-electron chi connectivity index (χ3n) is 5.06. The molecular formula is C25H28N2O5S. The van der Waals surface area contributed by atoms with Gasteiger partial charge >= 0.3 is 0 Å². The summed E-state index contributed by atoms with van der Waals surface area (Å²) in [4.78, 5) is 39.1. The lowest BCUT2D eigenvalue weighted by Crippen LogP contribution is -2.36. The van der Waals surface area contributed by atoms with Crippen LogP contribution < -0.4 is 14.8 Å². The Morgan fingerprint density at radius 1 is 1.09 bits per heavy atom. The topological polar surface area (TPSA) is 84.9 Å². The van der Waals surface area contributed by atoms with Crippen molar-refractivity contribution in [3.8, 4) is 11.5 Å². The van der Waals surface area contributed by atoms with Crippen molar-refractivity contribution in [2.24, 2.45) is 0 Å². The van der Waals surface area contributed by atoms with Crippen LogP contribution in [0.4, 0.5) is 10.5 Å². The zero-order chi connectivity index (χ0) is 24.1. The van der Waals surface area contributed by atoms with Crippen LogP contribution in [0.15, 0.2) is 35.2 Å². The van der Waals surface area contributed by atoms with E-state index in [-0.39, 0.29) is 11.4 Å². The monoisotopic (exact) mass is 468 g/mol. The van der Waals surface area contributed by atoms with E-state index >= 15 is 0 Å². The molecule has 3 amide bonds. The van der Waals surface area contributed by atoms with Crippen LogP contribution in [0.2, 0.25) is 0 Å². The number of hydrogen-bond donors (Lipinski definition) is 1. The summed E-state index contributed by atoms with van der Waals surface area (Å²) >= 11 is 0.811. The number of imide groups is 1. The number of nitrogens with zero attached hydrogens (tertiary/aromatic N) is 1. The fourth-order valence-corrected chi connectivity index (χ4v) is 4.43. The van der Waals surface area contributed by atoms with Gasteiger partial charge in [0.25, 0.3) is 11.1 Å². The number of anilines is 1. The summed E-state index contributed by atoms with van der Waals surface area (Å²) in [5.74, 6) is 0.234. The molecule has 3 rings (SSSR count). The molecule has 0 spiro atoms. The van der Waals surface area contributed by atoms with E-state index in [0.717, 1.165) is 39.8 Å². The molecule has 174 valence electrons. The van der Waals surface area contributed by atoms with Crippen LogP contribution in [0.25, 0.3) is 6.08 Å². The molecule has 2 aromatic carbocycles. The summed E-state index contributed by atoms with van der Waals surface area (Å²) in [7, 11) is 1.54. The molecule has 0 aromatic heterocycles. The number of ether oxygens (including phenoxy) is 2. The fourth-order valence-electron chi connectivity index (χ4n) is 3.59. The first-order chi connectivity index (χ1) is 15.7. The summed E-state index contributed by atoms with van der Waals surface area (Å²) in [6, 6.07) is 9.24. The van der Waals surface area contributed by atoms with Gasteiger partial charge in [0.05, 0.1) is 18.6 Å². The van der Waals surface area contributed by atoms with Crippen LogP contribution in [0.1, 0.15) is 35.6 Å². The molecule has 1 aliphatic rings. The molecule has 0 unspecified atom stereocenters. The summed E-state index contributed by atoms with van der Waals surface area (Å²) in [5, 5.41) is 2.35. The van der Waals surface area contributed by atoms with Gasteiger partial charge in [-0.3, -0.25) is 19.3 Å². The van der Waals surface area contributed by atoms with Crippen molar-refractivity contribution in [2.45, 2.75) is 34.1 Å². The molecule has 0 bridgehead atoms. The van der Waals surface area contributed by atoms with Gasteiger partial charge in [-0.05, 0) is 73.9 Å². The van der Waals surface area contributed by atoms with E-state index in [1.54, 1.807) is 31.4 Å². The lowest BCUT2D eigenvalue weighted by atomic mass is 10.1. The van der Waals surface area contributed by atoms with Crippen molar-refractivity contribution in [3.63, 3.8) is 0 Å². The first-order valence-corrected chi connectivity index (χ1v) is 11.5. The molecule has 1 aliphatic heterocycles. The third-order valence-corrected chi connectivity index (χ3v) is 5.97. The molecule has 0 radical (unpaired) electrons. The summed E-state index contributed by atoms with van der Waals surface area (Å²) in [6.45, 7) is 8.04. The Bertz CT molecular complexity index is 1100. The van der Waals surface area contributed by atoms with Gasteiger partial charge in [-0.15, -0.1) is 0 Å². The van der Waals surface area contributed by atoms with Gasteiger partial charge in [0.15, 0.2) is 11.5 Å². The minimum absolute atomic E-state index is 0.250. The Hall–Kier alpha value is -3.26. The van der Waals surface area contributed by atoms with Gasteiger partial charge in [0.2, 0.25) is 5.91 Å². The van der Waals surface area contributed by atoms with E-state index in [1.165, 1.54) is 0 Å². The van der Waals surface area contributed by atoms with Crippen LogP contribution in [-0.2, 0) is 9.59 Å². The Labute approximate surface area is 198 Å². The molecule has 1 heterocycles. The average Bonchev–Trinajstić information content (AvgIpc) is 3.02. The second-order valence-electron chi connectivity index (χ2n) is 7.85. The zero-order valence-corrected chi connectivity index (χ0v) is 20.3. The third kappa shape index (κ3) is 5.76. The van der Waals surface area contributed by atoms with Crippen molar-refractivity contribution < 1.29 is 23.9 Å². The van der Waals surface area contributed by atoms with E-state index in [2.05, 4.69) is 5.32 Å². The number of benzene rings is 2. The van der Waals surface area contributed by atoms with Crippen molar-refractivity contribution in [1.29, 1.82) is 0 Å². The van der Waals surface area contributed by atoms with Crippen LogP contribution >= 0.6 is 11.8 Å². The van der Waals surface area contributed by atoms with Crippen molar-refractivity contribution >= 4 is 40.6 Å². The highest BCUT2D eigenvalue weighted by molar-refractivity contribution is 8.18. The minimum Gasteiger partial charge on any atom is -0.493 e. The van der Waals surface area contributed by atoms with Crippen molar-refractivity contribution in [1.82, 2.24) is 4.90 Å². The van der Waals surface area contributed by atoms with E-state index in [0.29, 0.717) is 29.4 Å². The molecule has 8 heteroatoms. The zero-order valence-electron chi connectivity index (χ0n) is 19.5. The second kappa shape index (κ2) is 10.6. The lowest BCUT2D eigenvalue weighted by molar-refractivity contribution is -0.127. The second-order valence-corrected chi connectivity index (χ2v) is 8.84. The maximum atomic E-state index is 12.8. The smallest absolute Gasteiger partial charge is 0.294 e. The maximum absolute atomic E-state index is 12.8. The molecule has 0 aliphatic carbocycles. The number of thioether (sulfide) groups is 1. The van der Waals surface area contributed by atoms with Gasteiger partial charge in [-0.1, -0.05) is 30.7 Å². The first-order valence-electron chi connectivity index (χ1n) is 10.7. The number of aryl methyl sites for hydroxylation is 3. The molecular weight excluding hydrogens is 440 g/mol. The van der Waals surface area contributed by atoms with E-state index < -0.39 is 17.1 Å². The first kappa shape index (κ1) is 24.4. The lowest BCUT2D eigenvalue weighted by Gasteiger charge is -2.16. The largest absolute Gasteiger partial charge is 0.493 e. The highest BCUT2D eigenvalue weighted by atomic mass is 32.2. The molecule has 1 saturated heterocycles.